The Bertz CT molecular complexity index is 1130. The molecule has 0 fully saturated rings. The molecule has 1 heterocycles. The van der Waals surface area contributed by atoms with Crippen molar-refractivity contribution in [1.82, 2.24) is 0 Å². The van der Waals surface area contributed by atoms with Gasteiger partial charge in [0.25, 0.3) is 0 Å². The van der Waals surface area contributed by atoms with Crippen molar-refractivity contribution in [1.29, 1.82) is 0 Å². The van der Waals surface area contributed by atoms with Crippen molar-refractivity contribution < 1.29 is 18.9 Å². The zero-order valence-electron chi connectivity index (χ0n) is 18.1. The van der Waals surface area contributed by atoms with Gasteiger partial charge in [-0.15, -0.1) is 11.3 Å². The van der Waals surface area contributed by atoms with E-state index in [2.05, 4.69) is 56.3 Å². The van der Waals surface area contributed by atoms with E-state index >= 15 is 0 Å². The minimum Gasteiger partial charge on any atom is -0.497 e. The highest BCUT2D eigenvalue weighted by Gasteiger charge is 2.17. The van der Waals surface area contributed by atoms with Crippen molar-refractivity contribution in [3.05, 3.63) is 66.7 Å². The number of hydrogen-bond donors (Lipinski definition) is 0. The average Bonchev–Trinajstić information content (AvgIpc) is 3.22. The molecule has 0 saturated heterocycles. The molecular weight excluding hydrogens is 650 g/mol. The van der Waals surface area contributed by atoms with E-state index in [1.54, 1.807) is 25.6 Å². The van der Waals surface area contributed by atoms with E-state index in [0.29, 0.717) is 6.61 Å². The van der Waals surface area contributed by atoms with Crippen LogP contribution in [0.1, 0.15) is 13.3 Å². The average molecular weight is 674 g/mol. The van der Waals surface area contributed by atoms with Gasteiger partial charge >= 0.3 is 0 Å². The highest BCUT2D eigenvalue weighted by Crippen LogP contribution is 2.47. The third-order valence-electron chi connectivity index (χ3n) is 4.72. The van der Waals surface area contributed by atoms with Crippen LogP contribution in [-0.2, 0) is 0 Å². The monoisotopic (exact) mass is 674 g/mol. The van der Waals surface area contributed by atoms with Crippen molar-refractivity contribution >= 4 is 58.7 Å². The Morgan fingerprint density at radius 2 is 1.34 bits per heavy atom. The largest absolute Gasteiger partial charge is 0.497 e. The Morgan fingerprint density at radius 3 is 1.97 bits per heavy atom. The standard InChI is InChI=1S/C25H24O4S.I2/c1-4-15-28-19-9-11-20(12-10-19)29-24-22-14-13-21(27-3)16-23(22)30-25(24)17-5-7-18(26-2)8-6-17;1-2/h5-14,16H,4,15H2,1-3H3;. The normalized spacial score (nSPS) is 10.3. The topological polar surface area (TPSA) is 36.9 Å². The van der Waals surface area contributed by atoms with Crippen molar-refractivity contribution in [2.75, 3.05) is 20.8 Å². The molecule has 32 heavy (non-hydrogen) atoms. The van der Waals surface area contributed by atoms with Gasteiger partial charge in [-0.05, 0) is 78.7 Å². The summed E-state index contributed by atoms with van der Waals surface area (Å²) in [7, 11) is 3.35. The van der Waals surface area contributed by atoms with Crippen LogP contribution in [0.15, 0.2) is 66.7 Å². The van der Waals surface area contributed by atoms with Crippen molar-refractivity contribution in [3.63, 3.8) is 0 Å². The van der Waals surface area contributed by atoms with E-state index in [9.17, 15) is 0 Å². The maximum atomic E-state index is 6.39. The van der Waals surface area contributed by atoms with E-state index in [1.807, 2.05) is 54.6 Å². The van der Waals surface area contributed by atoms with Crippen LogP contribution < -0.4 is 18.9 Å². The van der Waals surface area contributed by atoms with Crippen LogP contribution in [0.5, 0.6) is 28.7 Å². The molecule has 7 heteroatoms. The van der Waals surface area contributed by atoms with Gasteiger partial charge in [-0.25, -0.2) is 0 Å². The second kappa shape index (κ2) is 12.5. The molecule has 0 amide bonds. The first-order valence-corrected chi connectivity index (χ1v) is 17.1. The van der Waals surface area contributed by atoms with Crippen molar-refractivity contribution in [2.45, 2.75) is 13.3 Å². The summed E-state index contributed by atoms with van der Waals surface area (Å²) in [6.07, 6.45) is 0.980. The first-order chi connectivity index (χ1) is 15.7. The van der Waals surface area contributed by atoms with Gasteiger partial charge in [0.2, 0.25) is 0 Å². The molecule has 1 aromatic heterocycles. The van der Waals surface area contributed by atoms with Gasteiger partial charge in [-0.2, -0.15) is 0 Å². The number of benzene rings is 3. The maximum Gasteiger partial charge on any atom is 0.153 e. The number of thiophene rings is 1. The number of hydrogen-bond acceptors (Lipinski definition) is 5. The van der Waals surface area contributed by atoms with Crippen LogP contribution in [0.2, 0.25) is 0 Å². The fourth-order valence-electron chi connectivity index (χ4n) is 3.16. The zero-order chi connectivity index (χ0) is 22.9. The Kier molecular flexibility index (Phi) is 9.73. The molecule has 4 nitrogen and oxygen atoms in total. The molecule has 0 radical (unpaired) electrons. The van der Waals surface area contributed by atoms with Crippen LogP contribution in [-0.4, -0.2) is 20.8 Å². The third kappa shape index (κ3) is 5.99. The van der Waals surface area contributed by atoms with Gasteiger partial charge in [0, 0.05) is 47.3 Å². The summed E-state index contributed by atoms with van der Waals surface area (Å²) < 4.78 is 23.9. The predicted octanol–water partition coefficient (Wildman–Crippen LogP) is 8.94. The molecule has 0 aliphatic carbocycles. The van der Waals surface area contributed by atoms with Crippen LogP contribution in [0, 0.1) is 0 Å². The van der Waals surface area contributed by atoms with Gasteiger partial charge < -0.3 is 18.9 Å². The van der Waals surface area contributed by atoms with Crippen LogP contribution in [0.3, 0.4) is 0 Å². The fourth-order valence-corrected chi connectivity index (χ4v) is 4.32. The quantitative estimate of drug-likeness (QED) is 0.175. The molecule has 4 aromatic rings. The molecule has 168 valence electrons. The zero-order valence-corrected chi connectivity index (χ0v) is 23.2. The Labute approximate surface area is 216 Å². The number of ether oxygens (including phenoxy) is 4. The molecule has 0 bridgehead atoms. The molecule has 0 aliphatic rings. The summed E-state index contributed by atoms with van der Waals surface area (Å²) in [5.74, 6) is 4.11. The predicted molar refractivity (Wildman–Crippen MR) is 151 cm³/mol. The van der Waals surface area contributed by atoms with Crippen LogP contribution in [0.4, 0.5) is 0 Å². The van der Waals surface area contributed by atoms with Crippen molar-refractivity contribution in [2.24, 2.45) is 0 Å². The lowest BCUT2D eigenvalue weighted by Gasteiger charge is -2.10. The summed E-state index contributed by atoms with van der Waals surface area (Å²) in [5.41, 5.74) is 1.08. The minimum atomic E-state index is 0.707. The lowest BCUT2D eigenvalue weighted by molar-refractivity contribution is 0.317. The molecular formula is C25H24I2O4S. The van der Waals surface area contributed by atoms with Gasteiger partial charge in [0.05, 0.1) is 25.7 Å². The minimum absolute atomic E-state index is 0.707. The number of methoxy groups -OCH3 is 2. The summed E-state index contributed by atoms with van der Waals surface area (Å²) in [6.45, 7) is 2.80. The molecule has 0 aliphatic heterocycles. The van der Waals surface area contributed by atoms with E-state index in [1.165, 1.54) is 0 Å². The molecule has 0 spiro atoms. The van der Waals surface area contributed by atoms with Gasteiger partial charge in [0.1, 0.15) is 23.0 Å². The number of rotatable bonds is 8. The summed E-state index contributed by atoms with van der Waals surface area (Å²) in [6, 6.07) is 21.8. The van der Waals surface area contributed by atoms with Gasteiger partial charge in [0.15, 0.2) is 5.75 Å². The summed E-state index contributed by atoms with van der Waals surface area (Å²) >= 11 is 5.92. The highest BCUT2D eigenvalue weighted by atomic mass is 128. The second-order valence-corrected chi connectivity index (χ2v) is 7.83. The van der Waals surface area contributed by atoms with Crippen LogP contribution in [0.25, 0.3) is 20.5 Å². The summed E-state index contributed by atoms with van der Waals surface area (Å²) in [4.78, 5) is 1.06. The molecule has 0 saturated carbocycles. The number of fused-ring (bicyclic) bond motifs is 1. The van der Waals surface area contributed by atoms with Gasteiger partial charge in [-0.3, -0.25) is 0 Å². The van der Waals surface area contributed by atoms with E-state index in [4.69, 9.17) is 18.9 Å². The molecule has 4 rings (SSSR count). The fraction of sp³-hybridized carbons (Fsp3) is 0.200. The first-order valence-electron chi connectivity index (χ1n) is 10.0. The third-order valence-corrected chi connectivity index (χ3v) is 5.90. The maximum absolute atomic E-state index is 6.39. The smallest absolute Gasteiger partial charge is 0.153 e. The van der Waals surface area contributed by atoms with Crippen LogP contribution >= 0.6 is 48.6 Å². The Morgan fingerprint density at radius 1 is 0.750 bits per heavy atom. The molecule has 0 unspecified atom stereocenters. The Hall–Kier alpha value is -1.72. The lowest BCUT2D eigenvalue weighted by atomic mass is 10.1. The summed E-state index contributed by atoms with van der Waals surface area (Å²) in [5, 5.41) is 1.05. The highest BCUT2D eigenvalue weighted by molar-refractivity contribution is 15.0. The Balaban J connectivity index is 0.00000141. The van der Waals surface area contributed by atoms with Gasteiger partial charge in [-0.1, -0.05) is 6.92 Å². The van der Waals surface area contributed by atoms with Crippen molar-refractivity contribution in [3.8, 4) is 39.2 Å². The van der Waals surface area contributed by atoms with E-state index < -0.39 is 0 Å². The van der Waals surface area contributed by atoms with E-state index in [-0.39, 0.29) is 0 Å². The molecule has 0 atom stereocenters. The lowest BCUT2D eigenvalue weighted by Crippen LogP contribution is -1.94. The molecule has 0 N–H and O–H groups in total. The first kappa shape index (κ1) is 24.9. The SMILES string of the molecule is CCCOc1ccc(Oc2c(-c3ccc(OC)cc3)sc3cc(OC)ccc23)cc1.II. The second-order valence-electron chi connectivity index (χ2n) is 6.77. The number of halogens is 2. The molecule has 3 aromatic carbocycles. The van der Waals surface area contributed by atoms with E-state index in [0.717, 1.165) is 55.7 Å².